The second-order valence-electron chi connectivity index (χ2n) is 5.35. The van der Waals surface area contributed by atoms with Crippen LogP contribution in [0.15, 0.2) is 78.9 Å². The quantitative estimate of drug-likeness (QED) is 0.331. The van der Waals surface area contributed by atoms with Gasteiger partial charge in [-0.3, -0.25) is 0 Å². The fourth-order valence-electron chi connectivity index (χ4n) is 3.06. The molecule has 1 heterocycles. The molecule has 1 aromatic heterocycles. The minimum atomic E-state index is -0.368. The number of hydrogen-bond donors (Lipinski definition) is 0. The van der Waals surface area contributed by atoms with Crippen molar-refractivity contribution in [3.05, 3.63) is 78.9 Å². The van der Waals surface area contributed by atoms with E-state index in [2.05, 4.69) is 35.4 Å². The van der Waals surface area contributed by atoms with Crippen LogP contribution in [0.25, 0.3) is 27.5 Å². The highest BCUT2D eigenvalue weighted by Crippen LogP contribution is 2.34. The number of allylic oxidation sites excluding steroid dienone is 3. The Bertz CT molecular complexity index is 937. The van der Waals surface area contributed by atoms with E-state index in [-0.39, 0.29) is 5.97 Å². The van der Waals surface area contributed by atoms with Gasteiger partial charge in [-0.25, -0.2) is 4.79 Å². The number of hydrogen-bond acceptors (Lipinski definition) is 2. The van der Waals surface area contributed by atoms with E-state index in [9.17, 15) is 4.79 Å². The second-order valence-corrected chi connectivity index (χ2v) is 5.35. The maximum absolute atomic E-state index is 12.2. The molecule has 0 radical (unpaired) electrons. The summed E-state index contributed by atoms with van der Waals surface area (Å²) in [6, 6.07) is 16.3. The van der Waals surface area contributed by atoms with E-state index in [0.717, 1.165) is 27.5 Å². The number of fused-ring (bicyclic) bond motifs is 3. The lowest BCUT2D eigenvalue weighted by Crippen LogP contribution is -2.10. The molecule has 0 spiro atoms. The zero-order chi connectivity index (χ0) is 19.1. The topological polar surface area (TPSA) is 31.2 Å². The monoisotopic (exact) mass is 347 g/mol. The molecule has 0 unspecified atom stereocenters. The number of para-hydroxylation sites is 2. The normalized spacial score (nSPS) is 11.8. The van der Waals surface area contributed by atoms with Gasteiger partial charge in [-0.1, -0.05) is 69.0 Å². The summed E-state index contributed by atoms with van der Waals surface area (Å²) >= 11 is 0. The third-order valence-corrected chi connectivity index (χ3v) is 4.07. The van der Waals surface area contributed by atoms with Crippen LogP contribution in [0, 0.1) is 0 Å². The smallest absolute Gasteiger partial charge is 0.339 e. The number of rotatable bonds is 4. The molecule has 0 saturated carbocycles. The summed E-state index contributed by atoms with van der Waals surface area (Å²) < 4.78 is 7.04. The average Bonchev–Trinajstić information content (AvgIpc) is 3.03. The first kappa shape index (κ1) is 19.3. The molecule has 0 atom stereocenters. The first-order valence-electron chi connectivity index (χ1n) is 8.79. The number of aromatic nitrogens is 1. The summed E-state index contributed by atoms with van der Waals surface area (Å²) in [5.74, 6) is -0.368. The van der Waals surface area contributed by atoms with Crippen molar-refractivity contribution in [3.8, 4) is 0 Å². The van der Waals surface area contributed by atoms with E-state index >= 15 is 0 Å². The molecule has 0 fully saturated rings. The van der Waals surface area contributed by atoms with Gasteiger partial charge in [0.2, 0.25) is 0 Å². The summed E-state index contributed by atoms with van der Waals surface area (Å²) in [5, 5.41) is 2.28. The molecule has 0 bridgehead atoms. The zero-order valence-corrected chi connectivity index (χ0v) is 15.8. The molecule has 3 rings (SSSR count). The van der Waals surface area contributed by atoms with Gasteiger partial charge in [0.15, 0.2) is 0 Å². The first-order valence-corrected chi connectivity index (χ1v) is 8.79. The van der Waals surface area contributed by atoms with Gasteiger partial charge in [0.05, 0.1) is 29.4 Å². The van der Waals surface area contributed by atoms with Crippen LogP contribution < -0.4 is 0 Å². The van der Waals surface area contributed by atoms with Crippen molar-refractivity contribution in [2.75, 3.05) is 7.11 Å². The second kappa shape index (κ2) is 8.86. The average molecular weight is 347 g/mol. The third kappa shape index (κ3) is 3.33. The van der Waals surface area contributed by atoms with Gasteiger partial charge in [0.1, 0.15) is 0 Å². The molecule has 3 nitrogen and oxygen atoms in total. The van der Waals surface area contributed by atoms with E-state index in [4.69, 9.17) is 4.74 Å². The summed E-state index contributed by atoms with van der Waals surface area (Å²) in [5.41, 5.74) is 3.32. The molecular formula is C23H25NO2. The number of benzene rings is 2. The lowest BCUT2D eigenvalue weighted by atomic mass is 10.1. The standard InChI is InChI=1S/C21H19NO2.C2H6/c1-4-10-18(15(5-2)21(23)24-3)22-19-13-8-6-11-16(19)17-12-7-9-14-20(17)22;1-2/h4-14H,1H2,2-3H3;1-2H3/b15-5+,18-10+;. The summed E-state index contributed by atoms with van der Waals surface area (Å²) in [6.45, 7) is 9.63. The molecule has 3 heteroatoms. The van der Waals surface area contributed by atoms with E-state index in [1.54, 1.807) is 12.2 Å². The van der Waals surface area contributed by atoms with Crippen LogP contribution in [0.2, 0.25) is 0 Å². The van der Waals surface area contributed by atoms with Gasteiger partial charge in [0, 0.05) is 10.8 Å². The highest BCUT2D eigenvalue weighted by atomic mass is 16.5. The van der Waals surface area contributed by atoms with E-state index in [1.165, 1.54) is 7.11 Å². The van der Waals surface area contributed by atoms with Crippen LogP contribution >= 0.6 is 0 Å². The molecule has 0 aliphatic heterocycles. The summed E-state index contributed by atoms with van der Waals surface area (Å²) in [4.78, 5) is 12.2. The van der Waals surface area contributed by atoms with Crippen molar-refractivity contribution in [1.29, 1.82) is 0 Å². The predicted molar refractivity (Wildman–Crippen MR) is 111 cm³/mol. The number of nitrogens with zero attached hydrogens (tertiary/aromatic N) is 1. The van der Waals surface area contributed by atoms with Crippen molar-refractivity contribution in [2.45, 2.75) is 20.8 Å². The summed E-state index contributed by atoms with van der Waals surface area (Å²) in [6.07, 6.45) is 5.29. The van der Waals surface area contributed by atoms with Crippen molar-refractivity contribution >= 4 is 33.5 Å². The molecule has 0 aliphatic rings. The van der Waals surface area contributed by atoms with Crippen molar-refractivity contribution in [2.24, 2.45) is 0 Å². The molecule has 0 amide bonds. The molecule has 0 aliphatic carbocycles. The lowest BCUT2D eigenvalue weighted by Gasteiger charge is -2.14. The highest BCUT2D eigenvalue weighted by molar-refractivity contribution is 6.13. The number of carbonyl (C=O) groups excluding carboxylic acids is 1. The van der Waals surface area contributed by atoms with E-state index < -0.39 is 0 Å². The Morgan fingerprint density at radius 3 is 1.92 bits per heavy atom. The van der Waals surface area contributed by atoms with Gasteiger partial charge in [-0.2, -0.15) is 0 Å². The van der Waals surface area contributed by atoms with Crippen LogP contribution in [0.4, 0.5) is 0 Å². The number of ether oxygens (including phenoxy) is 1. The Morgan fingerprint density at radius 1 is 1.00 bits per heavy atom. The fourth-order valence-corrected chi connectivity index (χ4v) is 3.06. The van der Waals surface area contributed by atoms with Gasteiger partial charge in [0.25, 0.3) is 0 Å². The van der Waals surface area contributed by atoms with Gasteiger partial charge >= 0.3 is 5.97 Å². The molecule has 0 saturated heterocycles. The van der Waals surface area contributed by atoms with Crippen LogP contribution in [0.5, 0.6) is 0 Å². The Hall–Kier alpha value is -3.07. The maximum Gasteiger partial charge on any atom is 0.339 e. The van der Waals surface area contributed by atoms with Crippen LogP contribution in [-0.2, 0) is 9.53 Å². The van der Waals surface area contributed by atoms with E-state index in [0.29, 0.717) is 5.57 Å². The molecule has 0 N–H and O–H groups in total. The summed E-state index contributed by atoms with van der Waals surface area (Å²) in [7, 11) is 1.39. The minimum absolute atomic E-state index is 0.368. The van der Waals surface area contributed by atoms with Crippen LogP contribution in [0.3, 0.4) is 0 Å². The molecule has 2 aromatic carbocycles. The Morgan fingerprint density at radius 2 is 1.50 bits per heavy atom. The van der Waals surface area contributed by atoms with Gasteiger partial charge < -0.3 is 9.30 Å². The molecule has 26 heavy (non-hydrogen) atoms. The number of carbonyl (C=O) groups is 1. The number of esters is 1. The van der Waals surface area contributed by atoms with Crippen LogP contribution in [0.1, 0.15) is 20.8 Å². The van der Waals surface area contributed by atoms with E-state index in [1.807, 2.05) is 51.1 Å². The fraction of sp³-hybridized carbons (Fsp3) is 0.174. The zero-order valence-electron chi connectivity index (χ0n) is 15.8. The van der Waals surface area contributed by atoms with Gasteiger partial charge in [-0.15, -0.1) is 0 Å². The molecular weight excluding hydrogens is 322 g/mol. The van der Waals surface area contributed by atoms with Crippen molar-refractivity contribution in [1.82, 2.24) is 4.57 Å². The van der Waals surface area contributed by atoms with Gasteiger partial charge in [-0.05, 0) is 25.1 Å². The minimum Gasteiger partial charge on any atom is -0.465 e. The van der Waals surface area contributed by atoms with Crippen molar-refractivity contribution in [3.63, 3.8) is 0 Å². The maximum atomic E-state index is 12.2. The Kier molecular flexibility index (Phi) is 6.56. The molecule has 134 valence electrons. The predicted octanol–water partition coefficient (Wildman–Crippen LogP) is 5.97. The Balaban J connectivity index is 0.00000117. The highest BCUT2D eigenvalue weighted by Gasteiger charge is 2.19. The molecule has 3 aromatic rings. The Labute approximate surface area is 154 Å². The third-order valence-electron chi connectivity index (χ3n) is 4.07. The largest absolute Gasteiger partial charge is 0.465 e. The first-order chi connectivity index (χ1) is 12.7. The van der Waals surface area contributed by atoms with Crippen LogP contribution in [-0.4, -0.2) is 17.6 Å². The van der Waals surface area contributed by atoms with Crippen molar-refractivity contribution < 1.29 is 9.53 Å². The number of methoxy groups -OCH3 is 1. The lowest BCUT2D eigenvalue weighted by molar-refractivity contribution is -0.135. The SMILES string of the molecule is C=C/C=C(\C(=C/C)C(=O)OC)n1c2ccccc2c2ccccc21.CC.